The lowest BCUT2D eigenvalue weighted by Crippen LogP contribution is -1.92. The molecule has 0 radical (unpaired) electrons. The predicted octanol–water partition coefficient (Wildman–Crippen LogP) is 2.82. The zero-order valence-electron chi connectivity index (χ0n) is 7.68. The maximum Gasteiger partial charge on any atom is 0.187 e. The highest BCUT2D eigenvalue weighted by atomic mass is 79.9. The molecule has 0 saturated heterocycles. The number of aromatic amines is 1. The predicted molar refractivity (Wildman–Crippen MR) is 54.2 cm³/mol. The number of rotatable bonds is 1. The van der Waals surface area contributed by atoms with Gasteiger partial charge in [0, 0.05) is 4.47 Å². The first kappa shape index (κ1) is 10.2. The van der Waals surface area contributed by atoms with Crippen LogP contribution in [0.15, 0.2) is 16.6 Å². The average molecular weight is 274 g/mol. The van der Waals surface area contributed by atoms with E-state index < -0.39 is 11.6 Å². The topological polar surface area (TPSA) is 41.6 Å². The number of aromatic nitrogens is 3. The van der Waals surface area contributed by atoms with Crippen molar-refractivity contribution in [3.8, 4) is 11.4 Å². The van der Waals surface area contributed by atoms with E-state index in [-0.39, 0.29) is 11.4 Å². The SMILES string of the molecule is Cc1nc(-c2c(F)cc(Br)cc2F)n[nH]1. The van der Waals surface area contributed by atoms with Gasteiger partial charge in [-0.1, -0.05) is 15.9 Å². The zero-order chi connectivity index (χ0) is 11.0. The second-order valence-corrected chi connectivity index (χ2v) is 3.90. The van der Waals surface area contributed by atoms with Gasteiger partial charge in [-0.05, 0) is 19.1 Å². The second kappa shape index (κ2) is 3.69. The number of hydrogen-bond acceptors (Lipinski definition) is 2. The summed E-state index contributed by atoms with van der Waals surface area (Å²) in [6.45, 7) is 1.66. The van der Waals surface area contributed by atoms with Gasteiger partial charge in [-0.25, -0.2) is 13.8 Å². The Hall–Kier alpha value is -1.30. The maximum atomic E-state index is 13.4. The Morgan fingerprint density at radius 1 is 1.27 bits per heavy atom. The van der Waals surface area contributed by atoms with E-state index in [1.807, 2.05) is 0 Å². The molecule has 78 valence electrons. The van der Waals surface area contributed by atoms with E-state index >= 15 is 0 Å². The fourth-order valence-corrected chi connectivity index (χ4v) is 1.61. The lowest BCUT2D eigenvalue weighted by atomic mass is 10.2. The third-order valence-corrected chi connectivity index (χ3v) is 2.29. The molecule has 3 nitrogen and oxygen atoms in total. The first-order valence-electron chi connectivity index (χ1n) is 4.12. The summed E-state index contributed by atoms with van der Waals surface area (Å²) in [5, 5.41) is 6.24. The Morgan fingerprint density at radius 2 is 1.87 bits per heavy atom. The van der Waals surface area contributed by atoms with Crippen LogP contribution in [0, 0.1) is 18.6 Å². The summed E-state index contributed by atoms with van der Waals surface area (Å²) in [6, 6.07) is 2.34. The van der Waals surface area contributed by atoms with Gasteiger partial charge in [0.2, 0.25) is 0 Å². The summed E-state index contributed by atoms with van der Waals surface area (Å²) >= 11 is 3.00. The van der Waals surface area contributed by atoms with Gasteiger partial charge >= 0.3 is 0 Å². The fraction of sp³-hybridized carbons (Fsp3) is 0.111. The third kappa shape index (κ3) is 1.90. The Labute approximate surface area is 92.7 Å². The Bertz CT molecular complexity index is 487. The van der Waals surface area contributed by atoms with Gasteiger partial charge in [0.25, 0.3) is 0 Å². The molecule has 1 aromatic carbocycles. The molecule has 0 aliphatic carbocycles. The average Bonchev–Trinajstić information content (AvgIpc) is 2.49. The zero-order valence-corrected chi connectivity index (χ0v) is 9.27. The summed E-state index contributed by atoms with van der Waals surface area (Å²) in [5.74, 6) is -0.858. The molecule has 1 aromatic heterocycles. The molecule has 0 amide bonds. The summed E-state index contributed by atoms with van der Waals surface area (Å²) in [4.78, 5) is 3.87. The lowest BCUT2D eigenvalue weighted by Gasteiger charge is -2.00. The number of aryl methyl sites for hydroxylation is 1. The van der Waals surface area contributed by atoms with Gasteiger partial charge in [-0.2, -0.15) is 5.10 Å². The van der Waals surface area contributed by atoms with Crippen LogP contribution in [-0.2, 0) is 0 Å². The monoisotopic (exact) mass is 273 g/mol. The third-order valence-electron chi connectivity index (χ3n) is 1.83. The molecule has 0 unspecified atom stereocenters. The van der Waals surface area contributed by atoms with Crippen molar-refractivity contribution in [2.24, 2.45) is 0 Å². The Kier molecular flexibility index (Phi) is 2.52. The molecule has 2 aromatic rings. The minimum Gasteiger partial charge on any atom is -0.263 e. The molecule has 1 N–H and O–H groups in total. The summed E-state index contributed by atoms with van der Waals surface area (Å²) in [6.07, 6.45) is 0. The van der Waals surface area contributed by atoms with Crippen molar-refractivity contribution in [2.45, 2.75) is 6.92 Å². The summed E-state index contributed by atoms with van der Waals surface area (Å²) in [7, 11) is 0. The van der Waals surface area contributed by atoms with Crippen molar-refractivity contribution in [1.29, 1.82) is 0 Å². The number of halogens is 3. The van der Waals surface area contributed by atoms with E-state index in [0.29, 0.717) is 10.3 Å². The first-order valence-corrected chi connectivity index (χ1v) is 4.91. The molecule has 6 heteroatoms. The van der Waals surface area contributed by atoms with Gasteiger partial charge in [-0.15, -0.1) is 0 Å². The van der Waals surface area contributed by atoms with Crippen molar-refractivity contribution in [3.05, 3.63) is 34.1 Å². The standard InChI is InChI=1S/C9H6BrF2N3/c1-4-13-9(15-14-4)8-6(11)2-5(10)3-7(8)12/h2-3H,1H3,(H,13,14,15). The molecule has 0 bridgehead atoms. The highest BCUT2D eigenvalue weighted by molar-refractivity contribution is 9.10. The van der Waals surface area contributed by atoms with Crippen molar-refractivity contribution >= 4 is 15.9 Å². The molecule has 0 atom stereocenters. The number of benzene rings is 1. The summed E-state index contributed by atoms with van der Waals surface area (Å²) < 4.78 is 27.2. The molecule has 0 aliphatic heterocycles. The van der Waals surface area contributed by atoms with Crippen LogP contribution in [0.2, 0.25) is 0 Å². The van der Waals surface area contributed by atoms with Crippen LogP contribution >= 0.6 is 15.9 Å². The van der Waals surface area contributed by atoms with E-state index in [0.717, 1.165) is 0 Å². The molecule has 2 rings (SSSR count). The number of nitrogens with one attached hydrogen (secondary N) is 1. The molecule has 0 saturated carbocycles. The Balaban J connectivity index is 2.62. The minimum absolute atomic E-state index is 0.0231. The van der Waals surface area contributed by atoms with Gasteiger partial charge in [-0.3, -0.25) is 5.10 Å². The largest absolute Gasteiger partial charge is 0.263 e. The Morgan fingerprint density at radius 3 is 2.33 bits per heavy atom. The van der Waals surface area contributed by atoms with Crippen molar-refractivity contribution in [3.63, 3.8) is 0 Å². The van der Waals surface area contributed by atoms with E-state index in [4.69, 9.17) is 0 Å². The number of hydrogen-bond donors (Lipinski definition) is 1. The minimum atomic E-state index is -0.694. The first-order chi connectivity index (χ1) is 7.08. The van der Waals surface area contributed by atoms with Crippen LogP contribution in [0.3, 0.4) is 0 Å². The van der Waals surface area contributed by atoms with Gasteiger partial charge in [0.15, 0.2) is 5.82 Å². The van der Waals surface area contributed by atoms with Crippen LogP contribution in [0.4, 0.5) is 8.78 Å². The van der Waals surface area contributed by atoms with E-state index in [1.165, 1.54) is 12.1 Å². The van der Waals surface area contributed by atoms with Crippen LogP contribution < -0.4 is 0 Å². The maximum absolute atomic E-state index is 13.4. The molecule has 1 heterocycles. The molecule has 0 aliphatic rings. The van der Waals surface area contributed by atoms with Gasteiger partial charge in [0.1, 0.15) is 17.5 Å². The fourth-order valence-electron chi connectivity index (χ4n) is 1.21. The van der Waals surface area contributed by atoms with Gasteiger partial charge < -0.3 is 0 Å². The van der Waals surface area contributed by atoms with Crippen molar-refractivity contribution in [2.75, 3.05) is 0 Å². The highest BCUT2D eigenvalue weighted by Crippen LogP contribution is 2.26. The lowest BCUT2D eigenvalue weighted by molar-refractivity contribution is 0.586. The summed E-state index contributed by atoms with van der Waals surface area (Å²) in [5.41, 5.74) is -0.220. The normalized spacial score (nSPS) is 10.7. The van der Waals surface area contributed by atoms with E-state index in [1.54, 1.807) is 6.92 Å². The smallest absolute Gasteiger partial charge is 0.187 e. The van der Waals surface area contributed by atoms with Crippen LogP contribution in [0.1, 0.15) is 5.82 Å². The number of nitrogens with zero attached hydrogens (tertiary/aromatic N) is 2. The van der Waals surface area contributed by atoms with Crippen molar-refractivity contribution in [1.82, 2.24) is 15.2 Å². The molecule has 15 heavy (non-hydrogen) atoms. The van der Waals surface area contributed by atoms with Crippen LogP contribution in [0.25, 0.3) is 11.4 Å². The second-order valence-electron chi connectivity index (χ2n) is 2.99. The van der Waals surface area contributed by atoms with Gasteiger partial charge in [0.05, 0.1) is 5.56 Å². The van der Waals surface area contributed by atoms with Crippen molar-refractivity contribution < 1.29 is 8.78 Å². The van der Waals surface area contributed by atoms with E-state index in [9.17, 15) is 8.78 Å². The van der Waals surface area contributed by atoms with Crippen LogP contribution in [0.5, 0.6) is 0 Å². The van der Waals surface area contributed by atoms with Crippen LogP contribution in [-0.4, -0.2) is 15.2 Å². The molecule has 0 spiro atoms. The van der Waals surface area contributed by atoms with E-state index in [2.05, 4.69) is 31.1 Å². The number of H-pyrrole nitrogens is 1. The molecule has 0 fully saturated rings. The quantitative estimate of drug-likeness (QED) is 0.868. The highest BCUT2D eigenvalue weighted by Gasteiger charge is 2.16. The molecular weight excluding hydrogens is 268 g/mol. The molecular formula is C9H6BrF2N3.